The van der Waals surface area contributed by atoms with Crippen LogP contribution in [-0.2, 0) is 10.0 Å². The van der Waals surface area contributed by atoms with E-state index in [1.165, 1.54) is 0 Å². The Morgan fingerprint density at radius 3 is 2.46 bits per heavy atom. The number of nitrogens with one attached hydrogen (secondary N) is 2. The zero-order chi connectivity index (χ0) is 19.5. The lowest BCUT2D eigenvalue weighted by Crippen LogP contribution is -2.43. The van der Waals surface area contributed by atoms with Gasteiger partial charge in [-0.15, -0.1) is 12.4 Å². The van der Waals surface area contributed by atoms with E-state index in [0.717, 1.165) is 45.2 Å². The first kappa shape index (κ1) is 23.1. The molecule has 0 aromatic heterocycles. The molecule has 28 heavy (non-hydrogen) atoms. The Bertz CT molecular complexity index is 761. The van der Waals surface area contributed by atoms with Crippen molar-refractivity contribution in [1.82, 2.24) is 14.9 Å². The number of carbonyl (C=O) groups is 1. The monoisotopic (exact) mass is 429 g/mol. The number of nitrogens with zero attached hydrogens (tertiary/aromatic N) is 1. The van der Waals surface area contributed by atoms with Crippen molar-refractivity contribution in [1.29, 1.82) is 0 Å². The maximum absolute atomic E-state index is 12.9. The van der Waals surface area contributed by atoms with Crippen LogP contribution >= 0.6 is 12.4 Å². The minimum absolute atomic E-state index is 0. The van der Waals surface area contributed by atoms with E-state index in [1.54, 1.807) is 28.6 Å². The van der Waals surface area contributed by atoms with Crippen LogP contribution < -0.4 is 10.6 Å². The van der Waals surface area contributed by atoms with Crippen molar-refractivity contribution in [3.63, 3.8) is 0 Å². The van der Waals surface area contributed by atoms with Crippen LogP contribution in [0, 0.1) is 5.41 Å². The lowest BCUT2D eigenvalue weighted by molar-refractivity contribution is 0.0922. The van der Waals surface area contributed by atoms with Gasteiger partial charge in [0.15, 0.2) is 0 Å². The molecule has 0 radical (unpaired) electrons. The smallest absolute Gasteiger partial charge is 0.251 e. The molecule has 1 unspecified atom stereocenters. The largest absolute Gasteiger partial charge is 0.351 e. The number of hydrogen-bond donors (Lipinski definition) is 2. The third-order valence-electron chi connectivity index (χ3n) is 5.95. The predicted molar refractivity (Wildman–Crippen MR) is 113 cm³/mol. The van der Waals surface area contributed by atoms with Crippen LogP contribution in [-0.4, -0.2) is 50.9 Å². The summed E-state index contributed by atoms with van der Waals surface area (Å²) in [7, 11) is -3.50. The molecule has 1 aromatic carbocycles. The topological polar surface area (TPSA) is 78.5 Å². The van der Waals surface area contributed by atoms with E-state index in [-0.39, 0.29) is 34.7 Å². The first-order chi connectivity index (χ1) is 12.8. The van der Waals surface area contributed by atoms with Gasteiger partial charge in [0.25, 0.3) is 5.91 Å². The normalized spacial score (nSPS) is 22.9. The van der Waals surface area contributed by atoms with Gasteiger partial charge in [-0.2, -0.15) is 4.31 Å². The van der Waals surface area contributed by atoms with Gasteiger partial charge in [-0.25, -0.2) is 8.42 Å². The van der Waals surface area contributed by atoms with E-state index in [0.29, 0.717) is 18.7 Å². The van der Waals surface area contributed by atoms with E-state index >= 15 is 0 Å². The van der Waals surface area contributed by atoms with Gasteiger partial charge in [-0.05, 0) is 75.4 Å². The van der Waals surface area contributed by atoms with Crippen LogP contribution in [0.1, 0.15) is 56.3 Å². The SMILES string of the molecule is CC1CCCCN1S(=O)(=O)c1ccc(C(=O)NCC2(C)CCNCC2)cc1.Cl. The second-order valence-electron chi connectivity index (χ2n) is 8.23. The van der Waals surface area contributed by atoms with Crippen molar-refractivity contribution in [3.8, 4) is 0 Å². The van der Waals surface area contributed by atoms with Gasteiger partial charge in [-0.3, -0.25) is 4.79 Å². The summed E-state index contributed by atoms with van der Waals surface area (Å²) in [5, 5.41) is 6.35. The summed E-state index contributed by atoms with van der Waals surface area (Å²) in [6, 6.07) is 6.36. The van der Waals surface area contributed by atoms with Crippen molar-refractivity contribution in [2.24, 2.45) is 5.41 Å². The molecule has 1 atom stereocenters. The zero-order valence-electron chi connectivity index (χ0n) is 16.7. The molecule has 3 rings (SSSR count). The molecule has 2 aliphatic heterocycles. The molecule has 1 aromatic rings. The second-order valence-corrected chi connectivity index (χ2v) is 10.1. The lowest BCUT2D eigenvalue weighted by Gasteiger charge is -2.34. The number of piperidine rings is 2. The number of benzene rings is 1. The van der Waals surface area contributed by atoms with Crippen molar-refractivity contribution in [2.75, 3.05) is 26.2 Å². The van der Waals surface area contributed by atoms with Gasteiger partial charge in [0.1, 0.15) is 0 Å². The van der Waals surface area contributed by atoms with Gasteiger partial charge in [0.05, 0.1) is 4.90 Å². The summed E-state index contributed by atoms with van der Waals surface area (Å²) >= 11 is 0. The Balaban J connectivity index is 0.00000280. The third-order valence-corrected chi connectivity index (χ3v) is 7.98. The number of amides is 1. The van der Waals surface area contributed by atoms with E-state index < -0.39 is 10.0 Å². The molecule has 0 aliphatic carbocycles. The van der Waals surface area contributed by atoms with Gasteiger partial charge in [0, 0.05) is 24.7 Å². The van der Waals surface area contributed by atoms with E-state index in [2.05, 4.69) is 17.6 Å². The Hall–Kier alpha value is -1.15. The van der Waals surface area contributed by atoms with Crippen LogP contribution in [0.5, 0.6) is 0 Å². The highest BCUT2D eigenvalue weighted by atomic mass is 35.5. The average molecular weight is 430 g/mol. The van der Waals surface area contributed by atoms with Crippen molar-refractivity contribution >= 4 is 28.3 Å². The summed E-state index contributed by atoms with van der Waals surface area (Å²) in [6.07, 6.45) is 4.95. The minimum Gasteiger partial charge on any atom is -0.351 e. The molecule has 0 saturated carbocycles. The Labute approximate surface area is 174 Å². The summed E-state index contributed by atoms with van der Waals surface area (Å²) in [6.45, 7) is 7.32. The fraction of sp³-hybridized carbons (Fsp3) is 0.650. The highest BCUT2D eigenvalue weighted by molar-refractivity contribution is 7.89. The Morgan fingerprint density at radius 2 is 1.86 bits per heavy atom. The fourth-order valence-corrected chi connectivity index (χ4v) is 5.64. The number of hydrogen-bond acceptors (Lipinski definition) is 4. The quantitative estimate of drug-likeness (QED) is 0.754. The fourth-order valence-electron chi connectivity index (χ4n) is 3.95. The first-order valence-corrected chi connectivity index (χ1v) is 11.4. The third kappa shape index (κ3) is 5.26. The second kappa shape index (κ2) is 9.57. The summed E-state index contributed by atoms with van der Waals surface area (Å²) in [5.74, 6) is -0.148. The molecular weight excluding hydrogens is 398 g/mol. The molecule has 2 saturated heterocycles. The maximum Gasteiger partial charge on any atom is 0.251 e. The van der Waals surface area contributed by atoms with Crippen molar-refractivity contribution in [2.45, 2.75) is 56.9 Å². The number of rotatable bonds is 5. The van der Waals surface area contributed by atoms with Crippen LogP contribution in [0.25, 0.3) is 0 Å². The minimum atomic E-state index is -3.50. The van der Waals surface area contributed by atoms with Crippen molar-refractivity contribution in [3.05, 3.63) is 29.8 Å². The molecule has 2 aliphatic rings. The molecule has 0 bridgehead atoms. The Morgan fingerprint density at radius 1 is 1.21 bits per heavy atom. The van der Waals surface area contributed by atoms with Crippen LogP contribution in [0.15, 0.2) is 29.2 Å². The standard InChI is InChI=1S/C20H31N3O3S.ClH/c1-16-5-3-4-14-23(16)27(25,26)18-8-6-17(7-9-18)19(24)22-15-20(2)10-12-21-13-11-20;/h6-9,16,21H,3-5,10-15H2,1-2H3,(H,22,24);1H. The molecule has 1 amide bonds. The van der Waals surface area contributed by atoms with Crippen LogP contribution in [0.3, 0.4) is 0 Å². The molecule has 2 heterocycles. The summed E-state index contributed by atoms with van der Waals surface area (Å²) < 4.78 is 27.3. The van der Waals surface area contributed by atoms with Crippen LogP contribution in [0.2, 0.25) is 0 Å². The van der Waals surface area contributed by atoms with E-state index in [1.807, 2.05) is 6.92 Å². The van der Waals surface area contributed by atoms with Gasteiger partial charge in [0.2, 0.25) is 10.0 Å². The van der Waals surface area contributed by atoms with Gasteiger partial charge < -0.3 is 10.6 Å². The molecular formula is C20H32ClN3O3S. The molecule has 6 nitrogen and oxygen atoms in total. The molecule has 2 fully saturated rings. The van der Waals surface area contributed by atoms with E-state index in [9.17, 15) is 13.2 Å². The first-order valence-electron chi connectivity index (χ1n) is 9.93. The van der Waals surface area contributed by atoms with Crippen LogP contribution in [0.4, 0.5) is 0 Å². The summed E-state index contributed by atoms with van der Waals surface area (Å²) in [4.78, 5) is 12.7. The van der Waals surface area contributed by atoms with Gasteiger partial charge in [-0.1, -0.05) is 13.3 Å². The predicted octanol–water partition coefficient (Wildman–Crippen LogP) is 2.79. The highest BCUT2D eigenvalue weighted by Gasteiger charge is 2.31. The lowest BCUT2D eigenvalue weighted by atomic mass is 9.81. The van der Waals surface area contributed by atoms with Crippen molar-refractivity contribution < 1.29 is 13.2 Å². The molecule has 158 valence electrons. The zero-order valence-corrected chi connectivity index (χ0v) is 18.4. The number of halogens is 1. The summed E-state index contributed by atoms with van der Waals surface area (Å²) in [5.41, 5.74) is 0.618. The maximum atomic E-state index is 12.9. The molecule has 2 N–H and O–H groups in total. The molecule has 8 heteroatoms. The Kier molecular flexibility index (Phi) is 7.90. The average Bonchev–Trinajstić information content (AvgIpc) is 2.67. The van der Waals surface area contributed by atoms with E-state index in [4.69, 9.17) is 0 Å². The molecule has 0 spiro atoms. The number of sulfonamides is 1. The highest BCUT2D eigenvalue weighted by Crippen LogP contribution is 2.27. The van der Waals surface area contributed by atoms with Gasteiger partial charge >= 0.3 is 0 Å². The number of carbonyl (C=O) groups excluding carboxylic acids is 1.